The van der Waals surface area contributed by atoms with Gasteiger partial charge in [0.2, 0.25) is 0 Å². The molecule has 2 aromatic carbocycles. The fourth-order valence-electron chi connectivity index (χ4n) is 7.85. The van der Waals surface area contributed by atoms with E-state index < -0.39 is 50.4 Å². The molecule has 0 bridgehead atoms. The zero-order chi connectivity index (χ0) is 44.2. The molecule has 3 heterocycles. The number of terminal acetylenes is 1. The molecule has 338 valence electrons. The smallest absolute Gasteiger partial charge is 0.459 e. The maximum Gasteiger partial charge on any atom is 0.459 e. The summed E-state index contributed by atoms with van der Waals surface area (Å²) < 4.78 is 55.0. The Morgan fingerprint density at radius 3 is 2.18 bits per heavy atom. The van der Waals surface area contributed by atoms with Gasteiger partial charge in [-0.05, 0) is 42.9 Å². The summed E-state index contributed by atoms with van der Waals surface area (Å²) in [5.41, 5.74) is 4.98. The summed E-state index contributed by atoms with van der Waals surface area (Å²) in [6.07, 6.45) is 22.8. The van der Waals surface area contributed by atoms with Gasteiger partial charge in [0.15, 0.2) is 22.6 Å². The number of imidazole rings is 1. The van der Waals surface area contributed by atoms with Crippen LogP contribution in [-0.4, -0.2) is 61.6 Å². The first-order valence-electron chi connectivity index (χ1n) is 22.5. The molecule has 0 spiro atoms. The lowest BCUT2D eigenvalue weighted by atomic mass is 9.94. The lowest BCUT2D eigenvalue weighted by molar-refractivity contribution is -0.147. The molecule has 13 nitrogen and oxygen atoms in total. The van der Waals surface area contributed by atoms with Gasteiger partial charge in [-0.2, -0.15) is 19.4 Å². The molecular weight excluding hydrogens is 811 g/mol. The molecule has 0 aliphatic carbocycles. The van der Waals surface area contributed by atoms with Gasteiger partial charge in [0, 0.05) is 6.42 Å². The minimum absolute atomic E-state index is 0.0370. The van der Waals surface area contributed by atoms with Crippen molar-refractivity contribution >= 4 is 30.7 Å². The second-order valence-corrected chi connectivity index (χ2v) is 18.1. The molecule has 4 N–H and O–H groups in total. The molecule has 1 saturated heterocycles. The van der Waals surface area contributed by atoms with E-state index in [9.17, 15) is 18.9 Å². The number of fused-ring (bicyclic) bond motifs is 1. The standard InChI is InChI=1S/C47H66FN6O7P/c1-4-7-9-11-13-15-19-27-37(28-20-16-14-12-10-8-5-2)33-58-45(56)39(31-36-25-21-17-22-26-36)53-62(57,61-38-29-23-18-24-30-38)59-34-47(6-3)40(55)32-41(60-47)54-35-50-42-43(49)51-46(48)52-44(42)54/h3,17-18,21-26,29-30,35,37,39-41,55H,4-5,7-16,19-20,27-28,31-34H2,1-2H3,(H,53,57)(H2,49,51,52)/t39-,40-,41+,47+,62?/m0/s1. The Bertz CT molecular complexity index is 2020. The van der Waals surface area contributed by atoms with Gasteiger partial charge in [-0.3, -0.25) is 13.9 Å². The summed E-state index contributed by atoms with van der Waals surface area (Å²) >= 11 is 0. The van der Waals surface area contributed by atoms with Gasteiger partial charge in [0.05, 0.1) is 12.9 Å². The van der Waals surface area contributed by atoms with Crippen molar-refractivity contribution in [3.63, 3.8) is 0 Å². The minimum atomic E-state index is -4.51. The predicted molar refractivity (Wildman–Crippen MR) is 239 cm³/mol. The second-order valence-electron chi connectivity index (χ2n) is 16.4. The number of aliphatic hydroxyl groups excluding tert-OH is 1. The highest BCUT2D eigenvalue weighted by Crippen LogP contribution is 2.48. The predicted octanol–water partition coefficient (Wildman–Crippen LogP) is 10.0. The lowest BCUT2D eigenvalue weighted by Gasteiger charge is -2.30. The number of esters is 1. The number of nitrogens with two attached hydrogens (primary N) is 1. The van der Waals surface area contributed by atoms with Crippen LogP contribution in [0.2, 0.25) is 0 Å². The first kappa shape index (κ1) is 48.6. The third-order valence-corrected chi connectivity index (χ3v) is 13.0. The van der Waals surface area contributed by atoms with E-state index in [1.54, 1.807) is 30.3 Å². The summed E-state index contributed by atoms with van der Waals surface area (Å²) in [4.78, 5) is 25.8. The third kappa shape index (κ3) is 14.6. The number of carbonyl (C=O) groups excluding carboxylic acids is 1. The molecule has 5 atom stereocenters. The van der Waals surface area contributed by atoms with Crippen LogP contribution in [0.25, 0.3) is 11.2 Å². The van der Waals surface area contributed by atoms with Crippen molar-refractivity contribution in [1.29, 1.82) is 0 Å². The van der Waals surface area contributed by atoms with E-state index in [1.807, 2.05) is 30.3 Å². The molecule has 1 aliphatic rings. The summed E-state index contributed by atoms with van der Waals surface area (Å²) in [5, 5.41) is 14.3. The van der Waals surface area contributed by atoms with Crippen LogP contribution in [0.4, 0.5) is 10.2 Å². The number of nitrogens with zero attached hydrogens (tertiary/aromatic N) is 4. The normalized spacial score (nSPS) is 19.0. The number of benzene rings is 2. The van der Waals surface area contributed by atoms with Crippen LogP contribution in [0.3, 0.4) is 0 Å². The Morgan fingerprint density at radius 2 is 1.56 bits per heavy atom. The van der Waals surface area contributed by atoms with Crippen molar-refractivity contribution in [2.24, 2.45) is 5.92 Å². The van der Waals surface area contributed by atoms with Crippen molar-refractivity contribution < 1.29 is 37.4 Å². The van der Waals surface area contributed by atoms with E-state index in [1.165, 1.54) is 75.1 Å². The first-order valence-corrected chi connectivity index (χ1v) is 24.1. The fraction of sp³-hybridized carbons (Fsp3) is 0.574. The topological polar surface area (TPSA) is 173 Å². The summed E-state index contributed by atoms with van der Waals surface area (Å²) in [6.45, 7) is 4.07. The number of para-hydroxylation sites is 1. The van der Waals surface area contributed by atoms with Crippen LogP contribution in [0, 0.1) is 24.3 Å². The van der Waals surface area contributed by atoms with E-state index in [0.29, 0.717) is 0 Å². The molecular formula is C47H66FN6O7P. The fourth-order valence-corrected chi connectivity index (χ4v) is 9.37. The molecule has 0 amide bonds. The van der Waals surface area contributed by atoms with Gasteiger partial charge in [-0.25, -0.2) is 9.55 Å². The van der Waals surface area contributed by atoms with Gasteiger partial charge < -0.3 is 24.8 Å². The largest absolute Gasteiger partial charge is 0.464 e. The Morgan fingerprint density at radius 1 is 0.968 bits per heavy atom. The zero-order valence-corrected chi connectivity index (χ0v) is 37.4. The number of carbonyl (C=O) groups is 1. The maximum atomic E-state index is 15.0. The molecule has 62 heavy (non-hydrogen) atoms. The number of nitrogen functional groups attached to an aromatic ring is 1. The number of nitrogens with one attached hydrogen (secondary N) is 1. The first-order chi connectivity index (χ1) is 30.1. The Hall–Kier alpha value is -4.38. The van der Waals surface area contributed by atoms with Gasteiger partial charge in [0.1, 0.15) is 30.7 Å². The quantitative estimate of drug-likeness (QED) is 0.0155. The van der Waals surface area contributed by atoms with Crippen molar-refractivity contribution in [2.75, 3.05) is 18.9 Å². The van der Waals surface area contributed by atoms with Crippen molar-refractivity contribution in [3.8, 4) is 18.1 Å². The number of halogens is 1. The number of aliphatic hydroxyl groups is 1. The summed E-state index contributed by atoms with van der Waals surface area (Å²) in [5.74, 6) is 2.12. The van der Waals surface area contributed by atoms with E-state index in [4.69, 9.17) is 30.7 Å². The molecule has 15 heteroatoms. The van der Waals surface area contributed by atoms with Crippen LogP contribution < -0.4 is 15.3 Å². The number of hydrogen-bond donors (Lipinski definition) is 3. The van der Waals surface area contributed by atoms with Gasteiger partial charge in [-0.1, -0.05) is 158 Å². The van der Waals surface area contributed by atoms with E-state index >= 15 is 0 Å². The monoisotopic (exact) mass is 876 g/mol. The molecule has 4 aromatic rings. The highest BCUT2D eigenvalue weighted by Gasteiger charge is 2.50. The van der Waals surface area contributed by atoms with Crippen LogP contribution in [-0.2, 0) is 29.8 Å². The highest BCUT2D eigenvalue weighted by molar-refractivity contribution is 7.52. The van der Waals surface area contributed by atoms with Crippen LogP contribution >= 0.6 is 7.75 Å². The van der Waals surface area contributed by atoms with Gasteiger partial charge in [-0.15, -0.1) is 6.42 Å². The third-order valence-electron chi connectivity index (χ3n) is 11.5. The molecule has 1 fully saturated rings. The summed E-state index contributed by atoms with van der Waals surface area (Å²) in [6, 6.07) is 16.6. The Labute approximate surface area is 366 Å². The van der Waals surface area contributed by atoms with Crippen LogP contribution in [0.5, 0.6) is 5.75 Å². The number of ether oxygens (including phenoxy) is 2. The van der Waals surface area contributed by atoms with E-state index in [-0.39, 0.29) is 48.1 Å². The average Bonchev–Trinajstić information content (AvgIpc) is 3.85. The number of unbranched alkanes of at least 4 members (excludes halogenated alkanes) is 12. The minimum Gasteiger partial charge on any atom is -0.464 e. The zero-order valence-electron chi connectivity index (χ0n) is 36.5. The number of rotatable bonds is 29. The second kappa shape index (κ2) is 25.1. The molecule has 5 rings (SSSR count). The molecule has 0 saturated carbocycles. The van der Waals surface area contributed by atoms with Crippen LogP contribution in [0.1, 0.15) is 135 Å². The van der Waals surface area contributed by atoms with Crippen LogP contribution in [0.15, 0.2) is 67.0 Å². The number of hydrogen-bond acceptors (Lipinski definition) is 11. The lowest BCUT2D eigenvalue weighted by Crippen LogP contribution is -2.44. The molecule has 2 aromatic heterocycles. The van der Waals surface area contributed by atoms with Crippen molar-refractivity contribution in [2.45, 2.75) is 153 Å². The van der Waals surface area contributed by atoms with Gasteiger partial charge >= 0.3 is 19.8 Å². The van der Waals surface area contributed by atoms with Crippen molar-refractivity contribution in [3.05, 3.63) is 78.6 Å². The SMILES string of the molecule is C#C[C@]1(COP(=O)(N[C@@H](Cc2ccccc2)C(=O)OCC(CCCCCCCCC)CCCCCCCCC)Oc2ccccc2)O[C@@H](n2cnc3c(N)nc(F)nc32)C[C@@H]1O. The number of aromatic nitrogens is 4. The van der Waals surface area contributed by atoms with E-state index in [0.717, 1.165) is 44.1 Å². The molecule has 1 unspecified atom stereocenters. The van der Waals surface area contributed by atoms with Crippen molar-refractivity contribution in [1.82, 2.24) is 24.6 Å². The Kier molecular flexibility index (Phi) is 19.7. The Balaban J connectivity index is 1.32. The number of anilines is 1. The maximum absolute atomic E-state index is 15.0. The highest BCUT2D eigenvalue weighted by atomic mass is 31.2. The summed E-state index contributed by atoms with van der Waals surface area (Å²) in [7, 11) is -4.51. The molecule has 0 radical (unpaired) electrons. The van der Waals surface area contributed by atoms with Gasteiger partial charge in [0.25, 0.3) is 0 Å². The average molecular weight is 877 g/mol. The van der Waals surface area contributed by atoms with E-state index in [2.05, 4.69) is 39.8 Å². The molecule has 1 aliphatic heterocycles.